The van der Waals surface area contributed by atoms with Crippen LogP contribution >= 0.6 is 12.4 Å². The average Bonchev–Trinajstić information content (AvgIpc) is 2.36. The average molecular weight is 191 g/mol. The Bertz CT molecular complexity index is 176. The van der Waals surface area contributed by atoms with Crippen molar-refractivity contribution in [3.63, 3.8) is 0 Å². The molecule has 0 aromatic rings. The van der Waals surface area contributed by atoms with Crippen molar-refractivity contribution in [3.8, 4) is 0 Å². The Balaban J connectivity index is 0.000000720. The van der Waals surface area contributed by atoms with Crippen molar-refractivity contribution >= 4 is 18.1 Å². The lowest BCUT2D eigenvalue weighted by molar-refractivity contribution is 0.232. The van der Waals surface area contributed by atoms with Crippen LogP contribution in [0.5, 0.6) is 0 Å². The summed E-state index contributed by atoms with van der Waals surface area (Å²) in [6, 6.07) is 0. The largest absolute Gasteiger partial charge is 0.411 e. The van der Waals surface area contributed by atoms with Crippen LogP contribution in [0.25, 0.3) is 0 Å². The van der Waals surface area contributed by atoms with Gasteiger partial charge in [0.2, 0.25) is 0 Å². The number of hydrogen-bond donors (Lipinski definition) is 1. The molecule has 70 valence electrons. The van der Waals surface area contributed by atoms with Crippen molar-refractivity contribution in [2.24, 2.45) is 11.1 Å². The molecular formula is C8H15ClN2O. The van der Waals surface area contributed by atoms with E-state index in [0.29, 0.717) is 5.92 Å². The standard InChI is InChI=1S/C8H14N2O.ClH/c11-9-8-3-6-10-4-1-7(8)2-5-10;/h7,11H,1-6H2;1H/b9-8-;. The molecule has 3 nitrogen and oxygen atoms in total. The van der Waals surface area contributed by atoms with E-state index in [4.69, 9.17) is 5.21 Å². The van der Waals surface area contributed by atoms with Gasteiger partial charge in [-0.05, 0) is 25.9 Å². The highest BCUT2D eigenvalue weighted by molar-refractivity contribution is 5.87. The highest BCUT2D eigenvalue weighted by Crippen LogP contribution is 2.24. The summed E-state index contributed by atoms with van der Waals surface area (Å²) in [5.41, 5.74) is 1.03. The molecule has 12 heavy (non-hydrogen) atoms. The van der Waals surface area contributed by atoms with Gasteiger partial charge in [-0.15, -0.1) is 12.4 Å². The minimum Gasteiger partial charge on any atom is -0.411 e. The number of hydrogen-bond acceptors (Lipinski definition) is 3. The molecule has 0 spiro atoms. The fourth-order valence-electron chi connectivity index (χ4n) is 2.10. The van der Waals surface area contributed by atoms with Crippen LogP contribution in [-0.2, 0) is 0 Å². The zero-order valence-corrected chi connectivity index (χ0v) is 7.89. The topological polar surface area (TPSA) is 35.8 Å². The number of piperidine rings is 1. The summed E-state index contributed by atoms with van der Waals surface area (Å²) in [7, 11) is 0. The van der Waals surface area contributed by atoms with Crippen LogP contribution in [0.2, 0.25) is 0 Å². The molecular weight excluding hydrogens is 176 g/mol. The molecule has 3 aliphatic rings. The third-order valence-corrected chi connectivity index (χ3v) is 2.87. The first-order valence-corrected chi connectivity index (χ1v) is 4.33. The summed E-state index contributed by atoms with van der Waals surface area (Å²) in [6.07, 6.45) is 3.36. The lowest BCUT2D eigenvalue weighted by Crippen LogP contribution is -2.30. The first kappa shape index (κ1) is 9.81. The van der Waals surface area contributed by atoms with Crippen LogP contribution in [-0.4, -0.2) is 35.5 Å². The van der Waals surface area contributed by atoms with Gasteiger partial charge in [0.25, 0.3) is 0 Å². The van der Waals surface area contributed by atoms with Crippen LogP contribution < -0.4 is 0 Å². The molecule has 3 rings (SSSR count). The first-order chi connectivity index (χ1) is 5.40. The summed E-state index contributed by atoms with van der Waals surface area (Å²) in [6.45, 7) is 3.49. The van der Waals surface area contributed by atoms with E-state index < -0.39 is 0 Å². The lowest BCUT2D eigenvalue weighted by atomic mass is 9.94. The molecule has 0 atom stereocenters. The quantitative estimate of drug-likeness (QED) is 0.463. The predicted octanol–water partition coefficient (Wildman–Crippen LogP) is 1.35. The number of oxime groups is 1. The van der Waals surface area contributed by atoms with Crippen molar-refractivity contribution in [2.45, 2.75) is 19.3 Å². The monoisotopic (exact) mass is 190 g/mol. The van der Waals surface area contributed by atoms with E-state index in [-0.39, 0.29) is 12.4 Å². The Labute approximate surface area is 78.8 Å². The molecule has 0 unspecified atom stereocenters. The zero-order chi connectivity index (χ0) is 7.68. The second kappa shape index (κ2) is 4.10. The first-order valence-electron chi connectivity index (χ1n) is 4.33. The second-order valence-corrected chi connectivity index (χ2v) is 3.46. The van der Waals surface area contributed by atoms with Crippen LogP contribution in [0.4, 0.5) is 0 Å². The molecule has 3 saturated heterocycles. The van der Waals surface area contributed by atoms with E-state index in [1.165, 1.54) is 25.9 Å². The fraction of sp³-hybridized carbons (Fsp3) is 0.875. The van der Waals surface area contributed by atoms with Crippen LogP contribution in [0.1, 0.15) is 19.3 Å². The summed E-state index contributed by atoms with van der Waals surface area (Å²) >= 11 is 0. The fourth-order valence-corrected chi connectivity index (χ4v) is 2.10. The molecule has 2 bridgehead atoms. The van der Waals surface area contributed by atoms with Crippen molar-refractivity contribution in [1.82, 2.24) is 4.90 Å². The maximum Gasteiger partial charge on any atom is 0.0615 e. The molecule has 1 N–H and O–H groups in total. The highest BCUT2D eigenvalue weighted by atomic mass is 35.5. The van der Waals surface area contributed by atoms with Crippen molar-refractivity contribution in [3.05, 3.63) is 0 Å². The Hall–Kier alpha value is -0.280. The molecule has 3 aliphatic heterocycles. The second-order valence-electron chi connectivity index (χ2n) is 3.46. The minimum absolute atomic E-state index is 0. The molecule has 0 radical (unpaired) electrons. The maximum atomic E-state index is 8.71. The molecule has 0 aromatic heterocycles. The maximum absolute atomic E-state index is 8.71. The van der Waals surface area contributed by atoms with Gasteiger partial charge < -0.3 is 10.1 Å². The van der Waals surface area contributed by atoms with Crippen LogP contribution in [0.3, 0.4) is 0 Å². The number of nitrogens with zero attached hydrogens (tertiary/aromatic N) is 2. The van der Waals surface area contributed by atoms with Gasteiger partial charge in [0.1, 0.15) is 0 Å². The van der Waals surface area contributed by atoms with E-state index in [2.05, 4.69) is 10.1 Å². The third kappa shape index (κ3) is 1.72. The van der Waals surface area contributed by atoms with Crippen LogP contribution in [0, 0.1) is 5.92 Å². The van der Waals surface area contributed by atoms with Gasteiger partial charge >= 0.3 is 0 Å². The predicted molar refractivity (Wildman–Crippen MR) is 50.3 cm³/mol. The summed E-state index contributed by atoms with van der Waals surface area (Å²) < 4.78 is 0. The van der Waals surface area contributed by atoms with Gasteiger partial charge in [-0.25, -0.2) is 0 Å². The number of rotatable bonds is 0. The van der Waals surface area contributed by atoms with Crippen molar-refractivity contribution < 1.29 is 5.21 Å². The highest BCUT2D eigenvalue weighted by Gasteiger charge is 2.27. The Morgan fingerprint density at radius 1 is 1.25 bits per heavy atom. The van der Waals surface area contributed by atoms with Crippen molar-refractivity contribution in [1.29, 1.82) is 0 Å². The van der Waals surface area contributed by atoms with E-state index in [1.54, 1.807) is 0 Å². The van der Waals surface area contributed by atoms with E-state index in [1.807, 2.05) is 0 Å². The Kier molecular flexibility index (Phi) is 3.35. The van der Waals surface area contributed by atoms with Gasteiger partial charge in [0, 0.05) is 18.9 Å². The summed E-state index contributed by atoms with van der Waals surface area (Å²) in [5, 5.41) is 12.1. The lowest BCUT2D eigenvalue weighted by Gasteiger charge is -2.25. The summed E-state index contributed by atoms with van der Waals surface area (Å²) in [5.74, 6) is 0.582. The number of halogens is 1. The van der Waals surface area contributed by atoms with Gasteiger partial charge in [-0.1, -0.05) is 5.16 Å². The van der Waals surface area contributed by atoms with Gasteiger partial charge in [0.15, 0.2) is 0 Å². The summed E-state index contributed by atoms with van der Waals surface area (Å²) in [4.78, 5) is 2.45. The Morgan fingerprint density at radius 3 is 2.50 bits per heavy atom. The molecule has 4 heteroatoms. The van der Waals surface area contributed by atoms with E-state index in [0.717, 1.165) is 18.7 Å². The molecule has 3 heterocycles. The zero-order valence-electron chi connectivity index (χ0n) is 7.07. The normalized spacial score (nSPS) is 37.5. The number of fused-ring (bicyclic) bond motifs is 4. The molecule has 0 aliphatic carbocycles. The van der Waals surface area contributed by atoms with Gasteiger partial charge in [-0.2, -0.15) is 0 Å². The molecule has 0 saturated carbocycles. The van der Waals surface area contributed by atoms with E-state index >= 15 is 0 Å². The van der Waals surface area contributed by atoms with Crippen molar-refractivity contribution in [2.75, 3.05) is 19.6 Å². The molecule has 0 amide bonds. The van der Waals surface area contributed by atoms with Gasteiger partial charge in [0.05, 0.1) is 5.71 Å². The Morgan fingerprint density at radius 2 is 1.92 bits per heavy atom. The SMILES string of the molecule is Cl.O/N=C1/CCN2CCC1CC2. The molecule has 0 aromatic carbocycles. The smallest absolute Gasteiger partial charge is 0.0615 e. The van der Waals surface area contributed by atoms with E-state index in [9.17, 15) is 0 Å². The molecule has 3 fully saturated rings. The van der Waals surface area contributed by atoms with Gasteiger partial charge in [-0.3, -0.25) is 0 Å². The third-order valence-electron chi connectivity index (χ3n) is 2.87. The minimum atomic E-state index is 0. The van der Waals surface area contributed by atoms with Crippen LogP contribution in [0.15, 0.2) is 5.16 Å².